The molecule has 0 atom stereocenters. The SMILES string of the molecule is CCc1ccc2nc(-c3cn[nH]c3N)[nH]c2c1. The van der Waals surface area contributed by atoms with Crippen LogP contribution in [0.3, 0.4) is 0 Å². The number of hydrogen-bond acceptors (Lipinski definition) is 3. The maximum absolute atomic E-state index is 5.77. The molecule has 3 rings (SSSR count). The smallest absolute Gasteiger partial charge is 0.143 e. The lowest BCUT2D eigenvalue weighted by atomic mass is 10.1. The van der Waals surface area contributed by atoms with Crippen molar-refractivity contribution in [1.29, 1.82) is 0 Å². The van der Waals surface area contributed by atoms with Crippen LogP contribution in [0.25, 0.3) is 22.4 Å². The first-order chi connectivity index (χ1) is 8.28. The molecule has 3 aromatic rings. The molecular weight excluding hydrogens is 214 g/mol. The number of aromatic amines is 2. The summed E-state index contributed by atoms with van der Waals surface area (Å²) in [7, 11) is 0. The van der Waals surface area contributed by atoms with E-state index in [2.05, 4.69) is 39.2 Å². The molecule has 4 N–H and O–H groups in total. The first-order valence-corrected chi connectivity index (χ1v) is 5.56. The number of nitrogen functional groups attached to an aromatic ring is 1. The van der Waals surface area contributed by atoms with Crippen molar-refractivity contribution in [3.63, 3.8) is 0 Å². The minimum absolute atomic E-state index is 0.528. The predicted molar refractivity (Wildman–Crippen MR) is 67.5 cm³/mol. The fraction of sp³-hybridized carbons (Fsp3) is 0.167. The van der Waals surface area contributed by atoms with E-state index in [1.165, 1.54) is 5.56 Å². The van der Waals surface area contributed by atoms with Crippen molar-refractivity contribution >= 4 is 16.9 Å². The second-order valence-corrected chi connectivity index (χ2v) is 3.99. The van der Waals surface area contributed by atoms with Crippen molar-refractivity contribution < 1.29 is 0 Å². The quantitative estimate of drug-likeness (QED) is 0.626. The summed E-state index contributed by atoms with van der Waals surface area (Å²) in [5.41, 5.74) is 9.83. The molecule has 0 fully saturated rings. The maximum atomic E-state index is 5.77. The Morgan fingerprint density at radius 3 is 2.94 bits per heavy atom. The summed E-state index contributed by atoms with van der Waals surface area (Å²) in [5.74, 6) is 1.28. The van der Waals surface area contributed by atoms with Gasteiger partial charge < -0.3 is 10.7 Å². The van der Waals surface area contributed by atoms with E-state index in [1.807, 2.05) is 6.07 Å². The Morgan fingerprint density at radius 2 is 2.24 bits per heavy atom. The number of imidazole rings is 1. The zero-order chi connectivity index (χ0) is 11.8. The van der Waals surface area contributed by atoms with E-state index < -0.39 is 0 Å². The van der Waals surface area contributed by atoms with Gasteiger partial charge in [0.25, 0.3) is 0 Å². The Bertz CT molecular complexity index is 664. The Labute approximate surface area is 98.1 Å². The van der Waals surface area contributed by atoms with E-state index >= 15 is 0 Å². The van der Waals surface area contributed by atoms with Gasteiger partial charge in [-0.05, 0) is 24.1 Å². The first kappa shape index (κ1) is 9.89. The summed E-state index contributed by atoms with van der Waals surface area (Å²) in [6, 6.07) is 6.22. The molecule has 5 nitrogen and oxygen atoms in total. The highest BCUT2D eigenvalue weighted by Crippen LogP contribution is 2.24. The number of fused-ring (bicyclic) bond motifs is 1. The fourth-order valence-electron chi connectivity index (χ4n) is 1.89. The van der Waals surface area contributed by atoms with Gasteiger partial charge in [0, 0.05) is 0 Å². The summed E-state index contributed by atoms with van der Waals surface area (Å²) in [5, 5.41) is 6.59. The van der Waals surface area contributed by atoms with Crippen LogP contribution in [0, 0.1) is 0 Å². The third kappa shape index (κ3) is 1.56. The molecule has 2 heterocycles. The van der Waals surface area contributed by atoms with Gasteiger partial charge in [0.2, 0.25) is 0 Å². The van der Waals surface area contributed by atoms with Crippen LogP contribution in [0.1, 0.15) is 12.5 Å². The van der Waals surface area contributed by atoms with Gasteiger partial charge in [0.05, 0.1) is 22.8 Å². The van der Waals surface area contributed by atoms with Gasteiger partial charge in [0.1, 0.15) is 11.6 Å². The molecule has 0 aliphatic heterocycles. The number of anilines is 1. The van der Waals surface area contributed by atoms with Gasteiger partial charge in [-0.3, -0.25) is 5.10 Å². The lowest BCUT2D eigenvalue weighted by Gasteiger charge is -1.94. The highest BCUT2D eigenvalue weighted by atomic mass is 15.1. The molecule has 5 heteroatoms. The zero-order valence-electron chi connectivity index (χ0n) is 9.49. The van der Waals surface area contributed by atoms with Gasteiger partial charge in [-0.25, -0.2) is 4.98 Å². The molecule has 0 aliphatic carbocycles. The van der Waals surface area contributed by atoms with Crippen LogP contribution in [-0.2, 0) is 6.42 Å². The largest absolute Gasteiger partial charge is 0.383 e. The number of aryl methyl sites for hydroxylation is 1. The van der Waals surface area contributed by atoms with Crippen LogP contribution >= 0.6 is 0 Å². The van der Waals surface area contributed by atoms with Crippen LogP contribution in [-0.4, -0.2) is 20.2 Å². The summed E-state index contributed by atoms with van der Waals surface area (Å²) < 4.78 is 0. The fourth-order valence-corrected chi connectivity index (χ4v) is 1.89. The first-order valence-electron chi connectivity index (χ1n) is 5.56. The third-order valence-corrected chi connectivity index (χ3v) is 2.88. The summed E-state index contributed by atoms with van der Waals surface area (Å²) in [6.07, 6.45) is 2.69. The average molecular weight is 227 g/mol. The van der Waals surface area contributed by atoms with E-state index in [0.29, 0.717) is 5.82 Å². The number of benzene rings is 1. The molecule has 0 saturated carbocycles. The molecule has 1 aromatic carbocycles. The van der Waals surface area contributed by atoms with Crippen LogP contribution in [0.4, 0.5) is 5.82 Å². The van der Waals surface area contributed by atoms with Gasteiger partial charge in [-0.2, -0.15) is 5.10 Å². The number of H-pyrrole nitrogens is 2. The Morgan fingerprint density at radius 1 is 1.35 bits per heavy atom. The van der Waals surface area contributed by atoms with E-state index in [1.54, 1.807) is 6.20 Å². The van der Waals surface area contributed by atoms with Crippen molar-refractivity contribution in [2.75, 3.05) is 5.73 Å². The van der Waals surface area contributed by atoms with Crippen molar-refractivity contribution in [1.82, 2.24) is 20.2 Å². The zero-order valence-corrected chi connectivity index (χ0v) is 9.49. The highest BCUT2D eigenvalue weighted by Gasteiger charge is 2.09. The minimum atomic E-state index is 0.528. The lowest BCUT2D eigenvalue weighted by molar-refractivity contribution is 1.10. The number of nitrogens with two attached hydrogens (primary N) is 1. The second kappa shape index (κ2) is 3.62. The van der Waals surface area contributed by atoms with Crippen LogP contribution < -0.4 is 5.73 Å². The van der Waals surface area contributed by atoms with Crippen molar-refractivity contribution in [2.24, 2.45) is 0 Å². The Kier molecular flexibility index (Phi) is 2.11. The van der Waals surface area contributed by atoms with E-state index in [0.717, 1.165) is 28.8 Å². The van der Waals surface area contributed by atoms with Gasteiger partial charge in [0.15, 0.2) is 0 Å². The molecule has 0 spiro atoms. The highest BCUT2D eigenvalue weighted by molar-refractivity contribution is 5.81. The molecule has 2 aromatic heterocycles. The molecule has 0 radical (unpaired) electrons. The molecule has 86 valence electrons. The van der Waals surface area contributed by atoms with E-state index in [-0.39, 0.29) is 0 Å². The molecule has 0 bridgehead atoms. The van der Waals surface area contributed by atoms with Gasteiger partial charge >= 0.3 is 0 Å². The van der Waals surface area contributed by atoms with Gasteiger partial charge in [-0.15, -0.1) is 0 Å². The lowest BCUT2D eigenvalue weighted by Crippen LogP contribution is -1.88. The minimum Gasteiger partial charge on any atom is -0.383 e. The molecule has 0 amide bonds. The number of nitrogens with zero attached hydrogens (tertiary/aromatic N) is 2. The predicted octanol–water partition coefficient (Wildman–Crippen LogP) is 2.10. The van der Waals surface area contributed by atoms with Crippen LogP contribution in [0.5, 0.6) is 0 Å². The monoisotopic (exact) mass is 227 g/mol. The number of hydrogen-bond donors (Lipinski definition) is 3. The Hall–Kier alpha value is -2.30. The normalized spacial score (nSPS) is 11.1. The number of aromatic nitrogens is 4. The topological polar surface area (TPSA) is 83.4 Å². The van der Waals surface area contributed by atoms with Crippen LogP contribution in [0.2, 0.25) is 0 Å². The molecule has 0 saturated heterocycles. The van der Waals surface area contributed by atoms with Crippen molar-refractivity contribution in [3.05, 3.63) is 30.0 Å². The molecule has 0 aliphatic rings. The van der Waals surface area contributed by atoms with Crippen molar-refractivity contribution in [2.45, 2.75) is 13.3 Å². The Balaban J connectivity index is 2.17. The maximum Gasteiger partial charge on any atom is 0.143 e. The van der Waals surface area contributed by atoms with E-state index in [9.17, 15) is 0 Å². The molecular formula is C12H13N5. The van der Waals surface area contributed by atoms with Crippen LogP contribution in [0.15, 0.2) is 24.4 Å². The molecule has 17 heavy (non-hydrogen) atoms. The summed E-state index contributed by atoms with van der Waals surface area (Å²) in [4.78, 5) is 7.76. The number of nitrogens with one attached hydrogen (secondary N) is 2. The standard InChI is InChI=1S/C12H13N5/c1-2-7-3-4-9-10(5-7)16-12(15-9)8-6-14-17-11(8)13/h3-6H,2H2,1H3,(H,15,16)(H3,13,14,17). The number of rotatable bonds is 2. The summed E-state index contributed by atoms with van der Waals surface area (Å²) in [6.45, 7) is 2.13. The third-order valence-electron chi connectivity index (χ3n) is 2.88. The van der Waals surface area contributed by atoms with Crippen molar-refractivity contribution in [3.8, 4) is 11.4 Å². The summed E-state index contributed by atoms with van der Waals surface area (Å²) >= 11 is 0. The second-order valence-electron chi connectivity index (χ2n) is 3.99. The average Bonchev–Trinajstić information content (AvgIpc) is 2.93. The van der Waals surface area contributed by atoms with E-state index in [4.69, 9.17) is 5.73 Å². The molecule has 0 unspecified atom stereocenters. The van der Waals surface area contributed by atoms with Gasteiger partial charge in [-0.1, -0.05) is 13.0 Å².